The van der Waals surface area contributed by atoms with Gasteiger partial charge in [-0.2, -0.15) is 0 Å². The van der Waals surface area contributed by atoms with Crippen LogP contribution in [0.25, 0.3) is 0 Å². The van der Waals surface area contributed by atoms with E-state index in [9.17, 15) is 9.90 Å². The molecule has 1 fully saturated rings. The van der Waals surface area contributed by atoms with Crippen LogP contribution in [-0.4, -0.2) is 40.8 Å². The molecule has 0 saturated carbocycles. The maximum Gasteiger partial charge on any atom is 0.307 e. The fraction of sp³-hybridized carbons (Fsp3) is 0.500. The summed E-state index contributed by atoms with van der Waals surface area (Å²) in [7, 11) is 0. The number of aliphatic hydroxyl groups excluding tert-OH is 1. The molecule has 2 N–H and O–H groups in total. The highest BCUT2D eigenvalue weighted by molar-refractivity contribution is 5.70. The minimum Gasteiger partial charge on any atom is -0.481 e. The summed E-state index contributed by atoms with van der Waals surface area (Å²) in [5.74, 6) is -0.805. The number of allylic oxidation sites excluding steroid dienone is 1. The van der Waals surface area contributed by atoms with E-state index < -0.39 is 5.97 Å². The molecule has 4 nitrogen and oxygen atoms in total. The van der Waals surface area contributed by atoms with Gasteiger partial charge in [0.2, 0.25) is 0 Å². The van der Waals surface area contributed by atoms with Gasteiger partial charge in [-0.05, 0) is 36.9 Å². The van der Waals surface area contributed by atoms with Crippen LogP contribution in [0.1, 0.15) is 30.4 Å². The number of nitrogens with zero attached hydrogens (tertiary/aromatic N) is 1. The Labute approximate surface area is 132 Å². The molecule has 0 aromatic heterocycles. The van der Waals surface area contributed by atoms with E-state index in [1.165, 1.54) is 5.56 Å². The number of carboxylic acids is 1. The summed E-state index contributed by atoms with van der Waals surface area (Å²) in [5, 5.41) is 18.5. The normalized spacial score (nSPS) is 22.4. The molecule has 2 rings (SSSR count). The lowest BCUT2D eigenvalue weighted by molar-refractivity contribution is -0.136. The number of hydrogen-bond donors (Lipinski definition) is 2. The van der Waals surface area contributed by atoms with Gasteiger partial charge in [0.15, 0.2) is 0 Å². The SMILES string of the molecule is C=CC[C@]1(CO)CCCN(Cc2ccc(CC(=O)O)cc2)C1. The van der Waals surface area contributed by atoms with Crippen LogP contribution in [0.3, 0.4) is 0 Å². The maximum atomic E-state index is 10.7. The molecule has 0 amide bonds. The Morgan fingerprint density at radius 3 is 2.59 bits per heavy atom. The minimum atomic E-state index is -0.805. The summed E-state index contributed by atoms with van der Waals surface area (Å²) >= 11 is 0. The standard InChI is InChI=1S/C18H25NO3/c1-2-8-18(14-20)9-3-10-19(13-18)12-16-6-4-15(5-7-16)11-17(21)22/h2,4-7,20H,1,3,8-14H2,(H,21,22)/t18-/m0/s1. The van der Waals surface area contributed by atoms with E-state index in [2.05, 4.69) is 11.5 Å². The molecule has 22 heavy (non-hydrogen) atoms. The highest BCUT2D eigenvalue weighted by Gasteiger charge is 2.33. The Balaban J connectivity index is 1.97. The van der Waals surface area contributed by atoms with Gasteiger partial charge in [0.05, 0.1) is 13.0 Å². The third-order valence-corrected chi connectivity index (χ3v) is 4.44. The zero-order valence-corrected chi connectivity index (χ0v) is 13.0. The van der Waals surface area contributed by atoms with Crippen molar-refractivity contribution in [1.29, 1.82) is 0 Å². The molecule has 1 heterocycles. The van der Waals surface area contributed by atoms with Gasteiger partial charge in [0.1, 0.15) is 0 Å². The Morgan fingerprint density at radius 1 is 1.32 bits per heavy atom. The first-order valence-electron chi connectivity index (χ1n) is 7.81. The van der Waals surface area contributed by atoms with Crippen LogP contribution in [0.4, 0.5) is 0 Å². The molecule has 1 aromatic carbocycles. The van der Waals surface area contributed by atoms with E-state index in [0.717, 1.165) is 44.5 Å². The first-order chi connectivity index (χ1) is 10.6. The van der Waals surface area contributed by atoms with Crippen molar-refractivity contribution in [2.45, 2.75) is 32.2 Å². The van der Waals surface area contributed by atoms with E-state index in [0.29, 0.717) is 0 Å². The third-order valence-electron chi connectivity index (χ3n) is 4.44. The Kier molecular flexibility index (Phi) is 5.75. The Hall–Kier alpha value is -1.65. The average molecular weight is 303 g/mol. The predicted octanol–water partition coefficient (Wildman–Crippen LogP) is 2.46. The summed E-state index contributed by atoms with van der Waals surface area (Å²) in [4.78, 5) is 13.1. The van der Waals surface area contributed by atoms with Gasteiger partial charge in [-0.25, -0.2) is 0 Å². The van der Waals surface area contributed by atoms with E-state index in [4.69, 9.17) is 5.11 Å². The Bertz CT molecular complexity index is 512. The van der Waals surface area contributed by atoms with Crippen LogP contribution in [0.5, 0.6) is 0 Å². The number of piperidine rings is 1. The molecule has 1 saturated heterocycles. The van der Waals surface area contributed by atoms with Crippen LogP contribution in [-0.2, 0) is 17.8 Å². The second-order valence-electron chi connectivity index (χ2n) is 6.35. The molecule has 1 aliphatic heterocycles. The number of rotatable bonds is 7. The topological polar surface area (TPSA) is 60.8 Å². The summed E-state index contributed by atoms with van der Waals surface area (Å²) in [6.07, 6.45) is 4.95. The molecule has 1 aliphatic rings. The molecule has 0 bridgehead atoms. The molecule has 0 aliphatic carbocycles. The molecule has 1 atom stereocenters. The summed E-state index contributed by atoms with van der Waals surface area (Å²) in [6, 6.07) is 7.77. The lowest BCUT2D eigenvalue weighted by Crippen LogP contribution is -2.44. The average Bonchev–Trinajstić information content (AvgIpc) is 2.49. The fourth-order valence-electron chi connectivity index (χ4n) is 3.31. The van der Waals surface area contributed by atoms with Gasteiger partial charge < -0.3 is 10.2 Å². The number of aliphatic hydroxyl groups is 1. The molecular weight excluding hydrogens is 278 g/mol. The van der Waals surface area contributed by atoms with Crippen molar-refractivity contribution in [2.75, 3.05) is 19.7 Å². The van der Waals surface area contributed by atoms with Gasteiger partial charge in [0.25, 0.3) is 0 Å². The summed E-state index contributed by atoms with van der Waals surface area (Å²) in [5.41, 5.74) is 1.95. The number of benzene rings is 1. The van der Waals surface area contributed by atoms with Gasteiger partial charge in [-0.1, -0.05) is 30.3 Å². The van der Waals surface area contributed by atoms with E-state index in [1.807, 2.05) is 30.3 Å². The van der Waals surface area contributed by atoms with Crippen LogP contribution in [0, 0.1) is 5.41 Å². The maximum absolute atomic E-state index is 10.7. The minimum absolute atomic E-state index is 0.0523. The molecule has 120 valence electrons. The highest BCUT2D eigenvalue weighted by Crippen LogP contribution is 2.33. The van der Waals surface area contributed by atoms with E-state index >= 15 is 0 Å². The first kappa shape index (κ1) is 16.7. The molecule has 4 heteroatoms. The van der Waals surface area contributed by atoms with Crippen molar-refractivity contribution >= 4 is 5.97 Å². The van der Waals surface area contributed by atoms with Crippen molar-refractivity contribution in [2.24, 2.45) is 5.41 Å². The second kappa shape index (κ2) is 7.56. The van der Waals surface area contributed by atoms with Crippen LogP contribution < -0.4 is 0 Å². The van der Waals surface area contributed by atoms with Crippen LogP contribution >= 0.6 is 0 Å². The number of carbonyl (C=O) groups is 1. The lowest BCUT2D eigenvalue weighted by Gasteiger charge is -2.41. The zero-order valence-electron chi connectivity index (χ0n) is 13.0. The molecular formula is C18H25NO3. The predicted molar refractivity (Wildman–Crippen MR) is 86.6 cm³/mol. The largest absolute Gasteiger partial charge is 0.481 e. The number of carboxylic acid groups (broad SMARTS) is 1. The summed E-state index contributed by atoms with van der Waals surface area (Å²) < 4.78 is 0. The van der Waals surface area contributed by atoms with E-state index in [-0.39, 0.29) is 18.4 Å². The lowest BCUT2D eigenvalue weighted by atomic mass is 9.78. The van der Waals surface area contributed by atoms with Crippen molar-refractivity contribution < 1.29 is 15.0 Å². The van der Waals surface area contributed by atoms with Crippen molar-refractivity contribution in [3.63, 3.8) is 0 Å². The van der Waals surface area contributed by atoms with Gasteiger partial charge in [-0.15, -0.1) is 6.58 Å². The van der Waals surface area contributed by atoms with Crippen molar-refractivity contribution in [3.8, 4) is 0 Å². The molecule has 0 spiro atoms. The smallest absolute Gasteiger partial charge is 0.307 e. The summed E-state index contributed by atoms with van der Waals surface area (Å²) in [6.45, 7) is 6.77. The fourth-order valence-corrected chi connectivity index (χ4v) is 3.31. The molecule has 1 aromatic rings. The van der Waals surface area contributed by atoms with Crippen molar-refractivity contribution in [1.82, 2.24) is 4.90 Å². The van der Waals surface area contributed by atoms with Crippen LogP contribution in [0.2, 0.25) is 0 Å². The Morgan fingerprint density at radius 2 is 2.00 bits per heavy atom. The number of hydrogen-bond acceptors (Lipinski definition) is 3. The quantitative estimate of drug-likeness (QED) is 0.760. The van der Waals surface area contributed by atoms with Gasteiger partial charge in [0, 0.05) is 18.5 Å². The molecule has 0 unspecified atom stereocenters. The van der Waals surface area contributed by atoms with Gasteiger partial charge >= 0.3 is 5.97 Å². The van der Waals surface area contributed by atoms with E-state index in [1.54, 1.807) is 0 Å². The first-order valence-corrected chi connectivity index (χ1v) is 7.81. The van der Waals surface area contributed by atoms with Crippen molar-refractivity contribution in [3.05, 3.63) is 48.0 Å². The number of aliphatic carboxylic acids is 1. The second-order valence-corrected chi connectivity index (χ2v) is 6.35. The van der Waals surface area contributed by atoms with Crippen LogP contribution in [0.15, 0.2) is 36.9 Å². The molecule has 0 radical (unpaired) electrons. The third kappa shape index (κ3) is 4.42. The van der Waals surface area contributed by atoms with Gasteiger partial charge in [-0.3, -0.25) is 9.69 Å². The zero-order chi connectivity index (χ0) is 16.0. The highest BCUT2D eigenvalue weighted by atomic mass is 16.4. The number of likely N-dealkylation sites (tertiary alicyclic amines) is 1. The monoisotopic (exact) mass is 303 g/mol.